The molecule has 32 heavy (non-hydrogen) atoms. The van der Waals surface area contributed by atoms with Crippen molar-refractivity contribution in [1.29, 1.82) is 0 Å². The first-order chi connectivity index (χ1) is 17.9. The molecule has 1 aromatic heterocycles. The molecule has 0 unspecified atom stereocenters. The molecule has 0 fully saturated rings. The lowest BCUT2D eigenvalue weighted by atomic mass is 9.92. The van der Waals surface area contributed by atoms with Gasteiger partial charge in [-0.05, 0) is 73.7 Å². The second kappa shape index (κ2) is 6.59. The third kappa shape index (κ3) is 2.46. The van der Waals surface area contributed by atoms with Gasteiger partial charge in [0, 0.05) is 10.8 Å². The van der Waals surface area contributed by atoms with E-state index < -0.39 is 0 Å². The van der Waals surface area contributed by atoms with E-state index in [1.54, 1.807) is 0 Å². The van der Waals surface area contributed by atoms with Crippen LogP contribution in [0.25, 0.3) is 65.4 Å². The summed E-state index contributed by atoms with van der Waals surface area (Å²) >= 11 is 6.46. The molecule has 0 saturated heterocycles. The summed E-state index contributed by atoms with van der Waals surface area (Å²) in [5.74, 6) is 0. The fourth-order valence-electron chi connectivity index (χ4n) is 4.67. The molecule has 0 saturated carbocycles. The number of fused-ring (bicyclic) bond motifs is 9. The van der Waals surface area contributed by atoms with Gasteiger partial charge in [-0.1, -0.05) is 84.3 Å². The van der Waals surface area contributed by atoms with Crippen LogP contribution in [0.5, 0.6) is 0 Å². The molecule has 0 atom stereocenters. The Kier molecular flexibility index (Phi) is 2.80. The van der Waals surface area contributed by atoms with E-state index in [9.17, 15) is 0 Å². The van der Waals surface area contributed by atoms with Crippen LogP contribution in [0.3, 0.4) is 0 Å². The van der Waals surface area contributed by atoms with Crippen molar-refractivity contribution < 1.29 is 11.3 Å². The SMILES string of the molecule is [2H]c1cc(Cl)c2c(oc3c([2H])c([2H])c(-c4ccc5c6ccccc6c6ccccc6c5c4)c([2H])c32)c1[2H]. The van der Waals surface area contributed by atoms with E-state index in [1.807, 2.05) is 42.5 Å². The second-order valence-corrected chi connectivity index (χ2v) is 8.28. The quantitative estimate of drug-likeness (QED) is 0.235. The van der Waals surface area contributed by atoms with Gasteiger partial charge in [-0.25, -0.2) is 0 Å². The van der Waals surface area contributed by atoms with Crippen molar-refractivity contribution in [2.24, 2.45) is 0 Å². The van der Waals surface area contributed by atoms with Gasteiger partial charge in [-0.2, -0.15) is 0 Å². The van der Waals surface area contributed by atoms with Crippen LogP contribution in [-0.4, -0.2) is 0 Å². The minimum atomic E-state index is -0.178. The normalized spacial score (nSPS) is 14.1. The van der Waals surface area contributed by atoms with E-state index >= 15 is 0 Å². The van der Waals surface area contributed by atoms with Gasteiger partial charge >= 0.3 is 0 Å². The van der Waals surface area contributed by atoms with Crippen LogP contribution in [0.15, 0.2) is 107 Å². The summed E-state index contributed by atoms with van der Waals surface area (Å²) in [4.78, 5) is 0. The molecule has 1 heterocycles. The van der Waals surface area contributed by atoms with E-state index in [1.165, 1.54) is 6.07 Å². The summed E-state index contributed by atoms with van der Waals surface area (Å²) in [5.41, 5.74) is 1.04. The maximum Gasteiger partial charge on any atom is 0.136 e. The van der Waals surface area contributed by atoms with Crippen molar-refractivity contribution in [2.75, 3.05) is 0 Å². The predicted octanol–water partition coefficient (Wildman–Crippen LogP) is 9.37. The van der Waals surface area contributed by atoms with Crippen molar-refractivity contribution in [2.45, 2.75) is 0 Å². The van der Waals surface area contributed by atoms with E-state index in [2.05, 4.69) is 24.3 Å². The van der Waals surface area contributed by atoms with Crippen molar-refractivity contribution >= 4 is 65.9 Å². The molecule has 0 amide bonds. The zero-order valence-corrected chi connectivity index (χ0v) is 17.5. The minimum absolute atomic E-state index is 0.0122. The van der Waals surface area contributed by atoms with Crippen LogP contribution in [0.1, 0.15) is 6.85 Å². The Morgan fingerprint density at radius 2 is 1.25 bits per heavy atom. The van der Waals surface area contributed by atoms with Crippen molar-refractivity contribution in [3.8, 4) is 11.1 Å². The van der Waals surface area contributed by atoms with E-state index in [0.717, 1.165) is 32.3 Å². The fraction of sp³-hybridized carbons (Fsp3) is 0. The first-order valence-corrected chi connectivity index (χ1v) is 10.7. The number of rotatable bonds is 1. The van der Waals surface area contributed by atoms with Gasteiger partial charge in [-0.3, -0.25) is 0 Å². The Balaban J connectivity index is 1.62. The number of furan rings is 1. The van der Waals surface area contributed by atoms with Crippen molar-refractivity contribution in [1.82, 2.24) is 0 Å². The largest absolute Gasteiger partial charge is 0.456 e. The summed E-state index contributed by atoms with van der Waals surface area (Å²) < 4.78 is 48.6. The van der Waals surface area contributed by atoms with E-state index in [-0.39, 0.29) is 51.8 Å². The van der Waals surface area contributed by atoms with Crippen molar-refractivity contribution in [3.05, 3.63) is 108 Å². The molecule has 0 aliphatic carbocycles. The zero-order chi connectivity index (χ0) is 25.6. The van der Waals surface area contributed by atoms with Crippen LogP contribution >= 0.6 is 11.6 Å². The monoisotopic (exact) mass is 433 g/mol. The predicted molar refractivity (Wildman–Crippen MR) is 137 cm³/mol. The van der Waals surface area contributed by atoms with Gasteiger partial charge in [0.15, 0.2) is 0 Å². The number of hydrogen-bond acceptors (Lipinski definition) is 1. The van der Waals surface area contributed by atoms with Gasteiger partial charge in [0.05, 0.1) is 11.9 Å². The maximum atomic E-state index is 9.11. The van der Waals surface area contributed by atoms with Gasteiger partial charge in [0.25, 0.3) is 0 Å². The standard InChI is InChI=1S/C30H17ClO/c31-27-10-5-11-29-30(27)26-17-19(13-15-28(26)32-29)18-12-14-24-22-8-2-1-6-20(22)21-7-3-4-9-23(21)25(24)16-18/h1-17H/i5D,11D,13D,15D,17D. The highest BCUT2D eigenvalue weighted by atomic mass is 35.5. The lowest BCUT2D eigenvalue weighted by Gasteiger charge is -2.12. The Labute approximate surface area is 196 Å². The number of halogens is 1. The lowest BCUT2D eigenvalue weighted by Crippen LogP contribution is -1.85. The topological polar surface area (TPSA) is 13.1 Å². The Bertz CT molecular complexity index is 2080. The van der Waals surface area contributed by atoms with Gasteiger partial charge in [-0.15, -0.1) is 0 Å². The molecule has 150 valence electrons. The maximum absolute atomic E-state index is 9.11. The number of hydrogen-bond donors (Lipinski definition) is 0. The smallest absolute Gasteiger partial charge is 0.136 e. The molecule has 1 nitrogen and oxygen atoms in total. The first-order valence-electron chi connectivity index (χ1n) is 12.8. The third-order valence-electron chi connectivity index (χ3n) is 6.12. The molecule has 0 bridgehead atoms. The molecule has 0 aliphatic rings. The summed E-state index contributed by atoms with van der Waals surface area (Å²) in [6, 6.07) is 23.2. The molecular weight excluding hydrogens is 412 g/mol. The third-order valence-corrected chi connectivity index (χ3v) is 6.41. The molecule has 0 radical (unpaired) electrons. The fourth-order valence-corrected chi connectivity index (χ4v) is 4.91. The molecule has 0 N–H and O–H groups in total. The molecule has 6 aromatic carbocycles. The Morgan fingerprint density at radius 1 is 0.594 bits per heavy atom. The van der Waals surface area contributed by atoms with Crippen LogP contribution in [0.4, 0.5) is 0 Å². The molecule has 0 aliphatic heterocycles. The summed E-state index contributed by atoms with van der Waals surface area (Å²) in [6.07, 6.45) is 0. The van der Waals surface area contributed by atoms with Crippen LogP contribution in [0.2, 0.25) is 5.02 Å². The first kappa shape index (κ1) is 13.6. The molecule has 7 aromatic rings. The summed E-state index contributed by atoms with van der Waals surface area (Å²) in [5, 5.41) is 7.35. The summed E-state index contributed by atoms with van der Waals surface area (Å²) in [7, 11) is 0. The Hall–Kier alpha value is -3.81. The second-order valence-electron chi connectivity index (χ2n) is 7.87. The van der Waals surface area contributed by atoms with Crippen LogP contribution in [-0.2, 0) is 0 Å². The van der Waals surface area contributed by atoms with Gasteiger partial charge in [0.1, 0.15) is 11.2 Å². The van der Waals surface area contributed by atoms with Gasteiger partial charge < -0.3 is 4.42 Å². The highest BCUT2D eigenvalue weighted by Gasteiger charge is 2.13. The lowest BCUT2D eigenvalue weighted by molar-refractivity contribution is 0.669. The molecule has 0 spiro atoms. The zero-order valence-electron chi connectivity index (χ0n) is 21.7. The number of benzene rings is 6. The van der Waals surface area contributed by atoms with Gasteiger partial charge in [0.2, 0.25) is 0 Å². The highest BCUT2D eigenvalue weighted by Crippen LogP contribution is 2.39. The van der Waals surface area contributed by atoms with E-state index in [0.29, 0.717) is 16.5 Å². The minimum Gasteiger partial charge on any atom is -0.456 e. The average molecular weight is 434 g/mol. The molecule has 2 heteroatoms. The Morgan fingerprint density at radius 3 is 1.97 bits per heavy atom. The average Bonchev–Trinajstić information content (AvgIpc) is 3.33. The summed E-state index contributed by atoms with van der Waals surface area (Å²) in [6.45, 7) is 0. The van der Waals surface area contributed by atoms with Crippen LogP contribution in [0, 0.1) is 0 Å². The van der Waals surface area contributed by atoms with Crippen molar-refractivity contribution in [3.63, 3.8) is 0 Å². The molecule has 7 rings (SSSR count). The van der Waals surface area contributed by atoms with Crippen LogP contribution < -0.4 is 0 Å². The highest BCUT2D eigenvalue weighted by molar-refractivity contribution is 6.37. The van der Waals surface area contributed by atoms with E-state index in [4.69, 9.17) is 22.9 Å². The molecular formula is C30H17ClO.